The first-order chi connectivity index (χ1) is 20.9. The summed E-state index contributed by atoms with van der Waals surface area (Å²) >= 11 is 0. The van der Waals surface area contributed by atoms with Gasteiger partial charge in [0.05, 0.1) is 30.7 Å². The maximum Gasteiger partial charge on any atom is 0.408 e. The predicted octanol–water partition coefficient (Wildman–Crippen LogP) is 5.25. The van der Waals surface area contributed by atoms with Crippen LogP contribution >= 0.6 is 0 Å². The second-order valence-electron chi connectivity index (χ2n) is 14.5. The van der Waals surface area contributed by atoms with Crippen molar-refractivity contribution in [2.45, 2.75) is 110 Å². The fourth-order valence-electron chi connectivity index (χ4n) is 7.42. The summed E-state index contributed by atoms with van der Waals surface area (Å²) in [5.74, 6) is 0.825. The topological polar surface area (TPSA) is 120 Å². The molecule has 0 radical (unpaired) electrons. The van der Waals surface area contributed by atoms with Gasteiger partial charge in [0.25, 0.3) is 0 Å². The first-order valence-electron chi connectivity index (χ1n) is 16.2. The van der Waals surface area contributed by atoms with Crippen LogP contribution in [0, 0.1) is 22.7 Å². The van der Waals surface area contributed by atoms with Crippen LogP contribution < -0.4 is 14.8 Å². The number of hydrogen-bond acceptors (Lipinski definition) is 8. The summed E-state index contributed by atoms with van der Waals surface area (Å²) in [6, 6.07) is 4.10. The van der Waals surface area contributed by atoms with Gasteiger partial charge in [-0.3, -0.25) is 9.59 Å². The van der Waals surface area contributed by atoms with E-state index in [0.29, 0.717) is 41.3 Å². The van der Waals surface area contributed by atoms with Crippen molar-refractivity contribution < 1.29 is 28.6 Å². The average Bonchev–Trinajstić information content (AvgIpc) is 3.87. The lowest BCUT2D eigenvalue weighted by atomic mass is 9.85. The Balaban J connectivity index is 1.39. The molecule has 10 nitrogen and oxygen atoms in total. The van der Waals surface area contributed by atoms with E-state index in [-0.39, 0.29) is 30.3 Å². The Hall–Kier alpha value is -3.43. The molecule has 2 aliphatic carbocycles. The first kappa shape index (κ1) is 30.6. The lowest BCUT2D eigenvalue weighted by molar-refractivity contribution is -0.141. The molecule has 238 valence electrons. The zero-order chi connectivity index (χ0) is 31.4. The second-order valence-corrected chi connectivity index (χ2v) is 14.5. The van der Waals surface area contributed by atoms with E-state index in [0.717, 1.165) is 36.9 Å². The quantitative estimate of drug-likeness (QED) is 0.503. The summed E-state index contributed by atoms with van der Waals surface area (Å²) in [7, 11) is 1.62. The number of hydrogen-bond donors (Lipinski definition) is 1. The molecule has 2 amide bonds. The molecular formula is C34H46N4O6. The first-order valence-corrected chi connectivity index (χ1v) is 16.2. The van der Waals surface area contributed by atoms with Crippen molar-refractivity contribution in [3.05, 3.63) is 23.9 Å². The number of carbonyl (C=O) groups excluding carboxylic acids is 3. The van der Waals surface area contributed by atoms with Crippen LogP contribution in [0.15, 0.2) is 18.2 Å². The number of nitrogens with zero attached hydrogens (tertiary/aromatic N) is 3. The lowest BCUT2D eigenvalue weighted by Gasteiger charge is -2.35. The number of rotatable bonds is 3. The normalized spacial score (nSPS) is 30.3. The average molecular weight is 607 g/mol. The highest BCUT2D eigenvalue weighted by Crippen LogP contribution is 2.58. The summed E-state index contributed by atoms with van der Waals surface area (Å²) in [6.07, 6.45) is 6.51. The predicted molar refractivity (Wildman–Crippen MR) is 164 cm³/mol. The molecule has 10 heteroatoms. The van der Waals surface area contributed by atoms with Crippen molar-refractivity contribution in [1.29, 1.82) is 0 Å². The van der Waals surface area contributed by atoms with Gasteiger partial charge in [-0.25, -0.2) is 14.8 Å². The third kappa shape index (κ3) is 6.09. The van der Waals surface area contributed by atoms with Gasteiger partial charge in [-0.15, -0.1) is 0 Å². The Morgan fingerprint density at radius 2 is 1.89 bits per heavy atom. The number of ketones is 1. The minimum atomic E-state index is -0.873. The van der Waals surface area contributed by atoms with E-state index in [2.05, 4.69) is 5.32 Å². The number of nitrogens with one attached hydrogen (secondary N) is 1. The van der Waals surface area contributed by atoms with Crippen LogP contribution in [-0.2, 0) is 20.7 Å². The van der Waals surface area contributed by atoms with Gasteiger partial charge in [-0.05, 0) is 81.3 Å². The molecule has 6 atom stereocenters. The zero-order valence-electron chi connectivity index (χ0n) is 26.9. The molecule has 44 heavy (non-hydrogen) atoms. The van der Waals surface area contributed by atoms with Crippen LogP contribution in [0.25, 0.3) is 11.0 Å². The van der Waals surface area contributed by atoms with Crippen LogP contribution in [0.1, 0.15) is 85.3 Å². The number of aromatic nitrogens is 2. The van der Waals surface area contributed by atoms with E-state index in [1.165, 1.54) is 19.8 Å². The van der Waals surface area contributed by atoms with Crippen LogP contribution in [0.5, 0.6) is 11.6 Å². The Morgan fingerprint density at radius 3 is 2.55 bits per heavy atom. The Labute approximate surface area is 259 Å². The monoisotopic (exact) mass is 606 g/mol. The minimum Gasteiger partial charge on any atom is -0.497 e. The van der Waals surface area contributed by atoms with Crippen LogP contribution in [0.2, 0.25) is 0 Å². The maximum absolute atomic E-state index is 14.2. The van der Waals surface area contributed by atoms with Gasteiger partial charge >= 0.3 is 6.09 Å². The summed E-state index contributed by atoms with van der Waals surface area (Å²) < 4.78 is 18.0. The molecule has 1 aromatic carbocycles. The summed E-state index contributed by atoms with van der Waals surface area (Å²) in [6.45, 7) is 9.47. The van der Waals surface area contributed by atoms with Gasteiger partial charge in [0.2, 0.25) is 11.8 Å². The molecule has 0 unspecified atom stereocenters. The van der Waals surface area contributed by atoms with E-state index in [1.807, 2.05) is 45.9 Å². The molecule has 3 heterocycles. The van der Waals surface area contributed by atoms with E-state index in [1.54, 1.807) is 12.0 Å². The number of amides is 2. The van der Waals surface area contributed by atoms with Crippen molar-refractivity contribution >= 4 is 28.8 Å². The number of fused-ring (bicyclic) bond motifs is 5. The molecule has 2 aliphatic heterocycles. The van der Waals surface area contributed by atoms with Crippen molar-refractivity contribution in [3.8, 4) is 11.6 Å². The zero-order valence-corrected chi connectivity index (χ0v) is 26.9. The minimum absolute atomic E-state index is 0.109. The van der Waals surface area contributed by atoms with Gasteiger partial charge in [-0.1, -0.05) is 27.7 Å². The molecule has 2 aromatic rings. The van der Waals surface area contributed by atoms with E-state index in [4.69, 9.17) is 24.2 Å². The van der Waals surface area contributed by atoms with Crippen LogP contribution in [0.3, 0.4) is 0 Å². The smallest absolute Gasteiger partial charge is 0.408 e. The Bertz CT molecular complexity index is 1450. The fraction of sp³-hybridized carbons (Fsp3) is 0.676. The largest absolute Gasteiger partial charge is 0.497 e. The SMILES string of the molecule is CC[C@@H]1[C@@H]2CN(C(=O)[C@H](C(C)(C)C)NC(=O)O[C@@H]3C[C@H]3CC3(CCCc4nc5ccc(OC)cc5nc4O2)CC3)[C@@H]1C(C)=O. The number of carbonyl (C=O) groups is 3. The molecule has 2 saturated carbocycles. The van der Waals surface area contributed by atoms with Gasteiger partial charge < -0.3 is 24.4 Å². The van der Waals surface area contributed by atoms with Gasteiger partial charge in [0.1, 0.15) is 29.7 Å². The number of aryl methyl sites for hydroxylation is 1. The third-order valence-corrected chi connectivity index (χ3v) is 10.2. The molecule has 3 fully saturated rings. The molecule has 1 spiro atoms. The van der Waals surface area contributed by atoms with E-state index < -0.39 is 29.7 Å². The highest BCUT2D eigenvalue weighted by Gasteiger charge is 2.53. The van der Waals surface area contributed by atoms with Crippen molar-refractivity contribution in [3.63, 3.8) is 0 Å². The highest BCUT2D eigenvalue weighted by molar-refractivity contribution is 5.92. The van der Waals surface area contributed by atoms with E-state index in [9.17, 15) is 14.4 Å². The number of alkyl carbamates (subject to hydrolysis) is 1. The van der Waals surface area contributed by atoms with E-state index >= 15 is 0 Å². The second kappa shape index (κ2) is 11.5. The number of benzene rings is 1. The number of Topliss-reactive ketones (excluding diaryl/α,β-unsaturated/α-hetero) is 1. The Kier molecular flexibility index (Phi) is 7.99. The molecule has 6 rings (SSSR count). The summed E-state index contributed by atoms with van der Waals surface area (Å²) in [4.78, 5) is 52.0. The highest BCUT2D eigenvalue weighted by atomic mass is 16.6. The molecule has 4 aliphatic rings. The van der Waals surface area contributed by atoms with Crippen molar-refractivity contribution in [1.82, 2.24) is 20.2 Å². The standard InChI is InChI=1S/C34H46N4O6/c1-7-22-27-18-38(28(22)19(2)39)31(40)29(33(3,4)5)37-32(41)44-26-15-20(26)17-34(13-14-34)12-8-9-24-30(43-27)36-25-16-21(42-6)10-11-23(25)35-24/h10-11,16,20,22,26-29H,7-9,12-15,17-18H2,1-6H3,(H,37,41)/t20-,22+,26+,27-,28+,29+/m0/s1. The van der Waals surface area contributed by atoms with Gasteiger partial charge in [0, 0.05) is 17.9 Å². The summed E-state index contributed by atoms with van der Waals surface area (Å²) in [5.41, 5.74) is 1.92. The molecule has 1 aromatic heterocycles. The molecule has 2 bridgehead atoms. The van der Waals surface area contributed by atoms with Crippen molar-refractivity contribution in [2.24, 2.45) is 22.7 Å². The maximum atomic E-state index is 14.2. The number of methoxy groups -OCH3 is 1. The van der Waals surface area contributed by atoms with Gasteiger partial charge in [0.15, 0.2) is 5.78 Å². The van der Waals surface area contributed by atoms with Gasteiger partial charge in [-0.2, -0.15) is 0 Å². The third-order valence-electron chi connectivity index (χ3n) is 10.2. The summed E-state index contributed by atoms with van der Waals surface area (Å²) in [5, 5.41) is 2.89. The molecule has 1 N–H and O–H groups in total. The number of ether oxygens (including phenoxy) is 3. The Morgan fingerprint density at radius 1 is 1.11 bits per heavy atom. The van der Waals surface area contributed by atoms with Crippen LogP contribution in [-0.4, -0.2) is 70.6 Å². The molecular weight excluding hydrogens is 560 g/mol. The lowest BCUT2D eigenvalue weighted by Crippen LogP contribution is -2.57. The van der Waals surface area contributed by atoms with Crippen molar-refractivity contribution in [2.75, 3.05) is 13.7 Å². The van der Waals surface area contributed by atoms with Crippen LogP contribution in [0.4, 0.5) is 4.79 Å². The molecule has 1 saturated heterocycles. The fourth-order valence-corrected chi connectivity index (χ4v) is 7.42.